The summed E-state index contributed by atoms with van der Waals surface area (Å²) < 4.78 is 0. The molecule has 1 N–H and O–H groups in total. The zero-order valence-corrected chi connectivity index (χ0v) is 9.16. The van der Waals surface area contributed by atoms with E-state index in [-0.39, 0.29) is 18.4 Å². The third-order valence-corrected chi connectivity index (χ3v) is 3.38. The van der Waals surface area contributed by atoms with Crippen molar-refractivity contribution in [3.05, 3.63) is 0 Å². The van der Waals surface area contributed by atoms with E-state index in [1.807, 2.05) is 0 Å². The SMILES string of the molecule is N#CC1(C(=O)N2CCCNC(=O)C2)CCC1. The fourth-order valence-corrected chi connectivity index (χ4v) is 2.19. The maximum atomic E-state index is 12.2. The van der Waals surface area contributed by atoms with Gasteiger partial charge in [0.1, 0.15) is 5.41 Å². The first kappa shape index (κ1) is 10.9. The monoisotopic (exact) mass is 221 g/mol. The number of hydrogen-bond acceptors (Lipinski definition) is 3. The molecule has 1 saturated carbocycles. The Bertz CT molecular complexity index is 355. The molecule has 86 valence electrons. The van der Waals surface area contributed by atoms with Crippen molar-refractivity contribution in [2.75, 3.05) is 19.6 Å². The molecule has 0 aromatic carbocycles. The quantitative estimate of drug-likeness (QED) is 0.679. The van der Waals surface area contributed by atoms with Crippen molar-refractivity contribution in [3.8, 4) is 6.07 Å². The zero-order valence-electron chi connectivity index (χ0n) is 9.16. The Morgan fingerprint density at radius 3 is 2.75 bits per heavy atom. The molecule has 2 amide bonds. The van der Waals surface area contributed by atoms with E-state index in [0.29, 0.717) is 25.9 Å². The van der Waals surface area contributed by atoms with Crippen LogP contribution < -0.4 is 5.32 Å². The molecule has 2 aliphatic rings. The van der Waals surface area contributed by atoms with E-state index >= 15 is 0 Å². The predicted octanol–water partition coefficient (Wildman–Crippen LogP) is 0.0288. The van der Waals surface area contributed by atoms with Gasteiger partial charge in [0.15, 0.2) is 0 Å². The largest absolute Gasteiger partial charge is 0.354 e. The maximum Gasteiger partial charge on any atom is 0.243 e. The minimum absolute atomic E-state index is 0.0995. The van der Waals surface area contributed by atoms with E-state index in [2.05, 4.69) is 11.4 Å². The highest BCUT2D eigenvalue weighted by Crippen LogP contribution is 2.41. The van der Waals surface area contributed by atoms with Crippen LogP contribution in [0.1, 0.15) is 25.7 Å². The van der Waals surface area contributed by atoms with Crippen molar-refractivity contribution in [2.24, 2.45) is 5.41 Å². The molecule has 5 nitrogen and oxygen atoms in total. The number of carbonyl (C=O) groups excluding carboxylic acids is 2. The van der Waals surface area contributed by atoms with E-state index in [9.17, 15) is 9.59 Å². The van der Waals surface area contributed by atoms with Gasteiger partial charge in [0.2, 0.25) is 11.8 Å². The summed E-state index contributed by atoms with van der Waals surface area (Å²) in [6.07, 6.45) is 2.97. The molecule has 1 heterocycles. The zero-order chi connectivity index (χ0) is 11.6. The molecule has 0 radical (unpaired) electrons. The van der Waals surface area contributed by atoms with Crippen molar-refractivity contribution in [1.82, 2.24) is 10.2 Å². The summed E-state index contributed by atoms with van der Waals surface area (Å²) in [7, 11) is 0. The highest BCUT2D eigenvalue weighted by Gasteiger charge is 2.47. The van der Waals surface area contributed by atoms with Gasteiger partial charge < -0.3 is 10.2 Å². The standard InChI is InChI=1S/C11H15N3O2/c12-8-11(3-1-4-11)10(16)14-6-2-5-13-9(15)7-14/h1-7H2,(H,13,15). The van der Waals surface area contributed by atoms with Gasteiger partial charge >= 0.3 is 0 Å². The van der Waals surface area contributed by atoms with Crippen LogP contribution >= 0.6 is 0 Å². The molecule has 1 aliphatic carbocycles. The van der Waals surface area contributed by atoms with Gasteiger partial charge in [-0.15, -0.1) is 0 Å². The van der Waals surface area contributed by atoms with E-state index in [0.717, 1.165) is 12.8 Å². The van der Waals surface area contributed by atoms with Crippen LogP contribution in [0.25, 0.3) is 0 Å². The molecule has 0 spiro atoms. The molecule has 2 rings (SSSR count). The highest BCUT2D eigenvalue weighted by molar-refractivity contribution is 5.90. The number of amides is 2. The minimum atomic E-state index is -0.829. The average Bonchev–Trinajstić information content (AvgIpc) is 2.42. The van der Waals surface area contributed by atoms with Crippen LogP contribution in [0.5, 0.6) is 0 Å². The van der Waals surface area contributed by atoms with E-state index in [4.69, 9.17) is 5.26 Å². The van der Waals surface area contributed by atoms with Crippen LogP contribution in [0.2, 0.25) is 0 Å². The van der Waals surface area contributed by atoms with Crippen molar-refractivity contribution in [1.29, 1.82) is 5.26 Å². The van der Waals surface area contributed by atoms with Crippen molar-refractivity contribution < 1.29 is 9.59 Å². The molecule has 1 aliphatic heterocycles. The first-order valence-corrected chi connectivity index (χ1v) is 5.65. The molecule has 0 bridgehead atoms. The van der Waals surface area contributed by atoms with Crippen molar-refractivity contribution >= 4 is 11.8 Å². The summed E-state index contributed by atoms with van der Waals surface area (Å²) in [5.41, 5.74) is -0.829. The highest BCUT2D eigenvalue weighted by atomic mass is 16.2. The lowest BCUT2D eigenvalue weighted by Crippen LogP contribution is -2.49. The van der Waals surface area contributed by atoms with Gasteiger partial charge in [-0.05, 0) is 25.7 Å². The molecular weight excluding hydrogens is 206 g/mol. The first-order valence-electron chi connectivity index (χ1n) is 5.65. The number of nitrogens with zero attached hydrogens (tertiary/aromatic N) is 2. The van der Waals surface area contributed by atoms with Gasteiger partial charge in [0, 0.05) is 13.1 Å². The van der Waals surface area contributed by atoms with E-state index in [1.165, 1.54) is 4.90 Å². The summed E-state index contributed by atoms with van der Waals surface area (Å²) in [4.78, 5) is 25.0. The minimum Gasteiger partial charge on any atom is -0.354 e. The first-order chi connectivity index (χ1) is 7.68. The molecule has 0 atom stereocenters. The Labute approximate surface area is 94.4 Å². The summed E-state index contributed by atoms with van der Waals surface area (Å²) >= 11 is 0. The molecule has 1 saturated heterocycles. The van der Waals surface area contributed by atoms with Crippen molar-refractivity contribution in [3.63, 3.8) is 0 Å². The van der Waals surface area contributed by atoms with Gasteiger partial charge in [0.25, 0.3) is 0 Å². The smallest absolute Gasteiger partial charge is 0.243 e. The third-order valence-electron chi connectivity index (χ3n) is 3.38. The van der Waals surface area contributed by atoms with Gasteiger partial charge in [-0.2, -0.15) is 5.26 Å². The van der Waals surface area contributed by atoms with Crippen LogP contribution in [-0.4, -0.2) is 36.3 Å². The summed E-state index contributed by atoms with van der Waals surface area (Å²) in [5.74, 6) is -0.281. The topological polar surface area (TPSA) is 73.2 Å². The lowest BCUT2D eigenvalue weighted by molar-refractivity contribution is -0.145. The second-order valence-corrected chi connectivity index (χ2v) is 4.48. The molecule has 16 heavy (non-hydrogen) atoms. The predicted molar refractivity (Wildman–Crippen MR) is 56.1 cm³/mol. The number of carbonyl (C=O) groups is 2. The molecule has 0 aromatic heterocycles. The third kappa shape index (κ3) is 1.75. The molecule has 0 aromatic rings. The Morgan fingerprint density at radius 1 is 1.44 bits per heavy atom. The van der Waals surface area contributed by atoms with Gasteiger partial charge in [-0.3, -0.25) is 9.59 Å². The Kier molecular flexibility index (Phi) is 2.82. The Hall–Kier alpha value is -1.57. The summed E-state index contributed by atoms with van der Waals surface area (Å²) in [5, 5.41) is 11.8. The van der Waals surface area contributed by atoms with Gasteiger partial charge in [0.05, 0.1) is 12.6 Å². The molecular formula is C11H15N3O2. The maximum absolute atomic E-state index is 12.2. The second-order valence-electron chi connectivity index (χ2n) is 4.48. The van der Waals surface area contributed by atoms with Crippen LogP contribution in [-0.2, 0) is 9.59 Å². The van der Waals surface area contributed by atoms with Gasteiger partial charge in [-0.1, -0.05) is 0 Å². The molecule has 5 heteroatoms. The van der Waals surface area contributed by atoms with Crippen LogP contribution in [0.15, 0.2) is 0 Å². The summed E-state index contributed by atoms with van der Waals surface area (Å²) in [6, 6.07) is 2.12. The fraction of sp³-hybridized carbons (Fsp3) is 0.727. The van der Waals surface area contributed by atoms with E-state index < -0.39 is 5.41 Å². The molecule has 2 fully saturated rings. The second kappa shape index (κ2) is 4.12. The number of hydrogen-bond donors (Lipinski definition) is 1. The van der Waals surface area contributed by atoms with E-state index in [1.54, 1.807) is 0 Å². The van der Waals surface area contributed by atoms with Crippen LogP contribution in [0.3, 0.4) is 0 Å². The summed E-state index contributed by atoms with van der Waals surface area (Å²) in [6.45, 7) is 1.28. The fourth-order valence-electron chi connectivity index (χ4n) is 2.19. The van der Waals surface area contributed by atoms with Crippen LogP contribution in [0, 0.1) is 16.7 Å². The number of rotatable bonds is 1. The Morgan fingerprint density at radius 2 is 2.19 bits per heavy atom. The number of nitrogens with one attached hydrogen (secondary N) is 1. The van der Waals surface area contributed by atoms with Crippen LogP contribution in [0.4, 0.5) is 0 Å². The van der Waals surface area contributed by atoms with Crippen molar-refractivity contribution in [2.45, 2.75) is 25.7 Å². The lowest BCUT2D eigenvalue weighted by Gasteiger charge is -2.37. The Balaban J connectivity index is 2.08. The van der Waals surface area contributed by atoms with Gasteiger partial charge in [-0.25, -0.2) is 0 Å². The average molecular weight is 221 g/mol. The lowest BCUT2D eigenvalue weighted by atomic mass is 9.69. The number of nitriles is 1. The normalized spacial score (nSPS) is 23.7. The molecule has 0 unspecified atom stereocenters.